The SMILES string of the molecule is CC1(C)NC(=O)N(CC(=O)N2CC(O)C(Cc3ccnc4ccccc34)C2)C1=O. The van der Waals surface area contributed by atoms with Gasteiger partial charge < -0.3 is 15.3 Å². The molecule has 1 aromatic carbocycles. The molecule has 2 unspecified atom stereocenters. The molecule has 1 aromatic heterocycles. The van der Waals surface area contributed by atoms with E-state index in [1.165, 1.54) is 4.90 Å². The van der Waals surface area contributed by atoms with Crippen molar-refractivity contribution in [1.29, 1.82) is 0 Å². The normalized spacial score (nSPS) is 23.7. The molecular formula is C21H24N4O4. The molecule has 0 saturated carbocycles. The van der Waals surface area contributed by atoms with Crippen molar-refractivity contribution in [2.24, 2.45) is 5.92 Å². The van der Waals surface area contributed by atoms with Crippen molar-refractivity contribution in [3.63, 3.8) is 0 Å². The van der Waals surface area contributed by atoms with Crippen molar-refractivity contribution in [2.45, 2.75) is 31.9 Å². The maximum absolute atomic E-state index is 12.7. The minimum atomic E-state index is -1.01. The Balaban J connectivity index is 1.44. The standard InChI is InChI=1S/C21H24N4O4/c1-21(2)19(28)25(20(29)23-21)12-18(27)24-10-14(17(26)11-24)9-13-7-8-22-16-6-4-3-5-15(13)16/h3-8,14,17,26H,9-12H2,1-2H3,(H,23,29). The number of para-hydroxylation sites is 1. The number of rotatable bonds is 4. The zero-order valence-corrected chi connectivity index (χ0v) is 16.5. The monoisotopic (exact) mass is 396 g/mol. The second-order valence-corrected chi connectivity index (χ2v) is 8.26. The van der Waals surface area contributed by atoms with E-state index in [9.17, 15) is 19.5 Å². The third kappa shape index (κ3) is 3.55. The lowest BCUT2D eigenvalue weighted by atomic mass is 9.94. The van der Waals surface area contributed by atoms with E-state index in [1.807, 2.05) is 30.3 Å². The molecule has 2 aliphatic heterocycles. The molecule has 0 radical (unpaired) electrons. The van der Waals surface area contributed by atoms with E-state index < -0.39 is 23.6 Å². The van der Waals surface area contributed by atoms with Gasteiger partial charge in [-0.25, -0.2) is 4.79 Å². The van der Waals surface area contributed by atoms with Crippen molar-refractivity contribution in [2.75, 3.05) is 19.6 Å². The van der Waals surface area contributed by atoms with Crippen LogP contribution in [0, 0.1) is 5.92 Å². The van der Waals surface area contributed by atoms with E-state index in [4.69, 9.17) is 0 Å². The number of hydrogen-bond donors (Lipinski definition) is 2. The summed E-state index contributed by atoms with van der Waals surface area (Å²) in [4.78, 5) is 43.8. The third-order valence-corrected chi connectivity index (χ3v) is 5.72. The Morgan fingerprint density at radius 1 is 1.24 bits per heavy atom. The molecule has 4 amide bonds. The molecule has 2 N–H and O–H groups in total. The molecular weight excluding hydrogens is 372 g/mol. The number of benzene rings is 1. The van der Waals surface area contributed by atoms with Crippen LogP contribution in [0.2, 0.25) is 0 Å². The fourth-order valence-electron chi connectivity index (χ4n) is 4.07. The molecule has 2 atom stereocenters. The Labute approximate surface area is 168 Å². The van der Waals surface area contributed by atoms with Gasteiger partial charge in [0.05, 0.1) is 11.6 Å². The maximum atomic E-state index is 12.7. The van der Waals surface area contributed by atoms with E-state index in [0.29, 0.717) is 13.0 Å². The highest BCUT2D eigenvalue weighted by atomic mass is 16.3. The first-order chi connectivity index (χ1) is 13.8. The van der Waals surface area contributed by atoms with Gasteiger partial charge in [0.15, 0.2) is 0 Å². The molecule has 0 bridgehead atoms. The van der Waals surface area contributed by atoms with Crippen molar-refractivity contribution < 1.29 is 19.5 Å². The number of nitrogens with zero attached hydrogens (tertiary/aromatic N) is 3. The number of hydrogen-bond acceptors (Lipinski definition) is 5. The number of likely N-dealkylation sites (tertiary alicyclic amines) is 1. The highest BCUT2D eigenvalue weighted by molar-refractivity contribution is 6.08. The van der Waals surface area contributed by atoms with Crippen LogP contribution in [0.4, 0.5) is 4.79 Å². The summed E-state index contributed by atoms with van der Waals surface area (Å²) in [7, 11) is 0. The van der Waals surface area contributed by atoms with Gasteiger partial charge in [0, 0.05) is 30.6 Å². The van der Waals surface area contributed by atoms with Crippen molar-refractivity contribution in [3.8, 4) is 0 Å². The number of aliphatic hydroxyl groups excluding tert-OH is 1. The average Bonchev–Trinajstić information content (AvgIpc) is 3.14. The molecule has 8 heteroatoms. The van der Waals surface area contributed by atoms with Crippen LogP contribution >= 0.6 is 0 Å². The number of amides is 4. The minimum Gasteiger partial charge on any atom is -0.391 e. The van der Waals surface area contributed by atoms with Gasteiger partial charge in [0.2, 0.25) is 5.91 Å². The van der Waals surface area contributed by atoms with Crippen LogP contribution in [-0.4, -0.2) is 69.0 Å². The summed E-state index contributed by atoms with van der Waals surface area (Å²) >= 11 is 0. The molecule has 3 heterocycles. The number of carbonyl (C=O) groups excluding carboxylic acids is 3. The zero-order chi connectivity index (χ0) is 20.8. The zero-order valence-electron chi connectivity index (χ0n) is 16.5. The van der Waals surface area contributed by atoms with Gasteiger partial charge in [-0.15, -0.1) is 0 Å². The van der Waals surface area contributed by atoms with Gasteiger partial charge in [-0.2, -0.15) is 0 Å². The van der Waals surface area contributed by atoms with Gasteiger partial charge in [0.25, 0.3) is 5.91 Å². The minimum absolute atomic E-state index is 0.121. The van der Waals surface area contributed by atoms with Gasteiger partial charge >= 0.3 is 6.03 Å². The number of β-amino-alcohol motifs (C(OH)–C–C–N with tert-alkyl or cyclic N) is 1. The molecule has 4 rings (SSSR count). The van der Waals surface area contributed by atoms with Crippen LogP contribution in [0.5, 0.6) is 0 Å². The topological polar surface area (TPSA) is 103 Å². The lowest BCUT2D eigenvalue weighted by molar-refractivity contribution is -0.138. The molecule has 0 spiro atoms. The first-order valence-corrected chi connectivity index (χ1v) is 9.69. The van der Waals surface area contributed by atoms with E-state index >= 15 is 0 Å². The number of carbonyl (C=O) groups is 3. The van der Waals surface area contributed by atoms with Crippen molar-refractivity contribution >= 4 is 28.7 Å². The molecule has 29 heavy (non-hydrogen) atoms. The lowest BCUT2D eigenvalue weighted by Crippen LogP contribution is -2.44. The van der Waals surface area contributed by atoms with E-state index in [2.05, 4.69) is 10.3 Å². The van der Waals surface area contributed by atoms with Crippen molar-refractivity contribution in [3.05, 3.63) is 42.1 Å². The molecule has 2 aromatic rings. The number of imide groups is 1. The predicted octanol–water partition coefficient (Wildman–Crippen LogP) is 0.927. The Hall–Kier alpha value is -3.00. The number of aliphatic hydroxyl groups is 1. The van der Waals surface area contributed by atoms with E-state index in [1.54, 1.807) is 20.0 Å². The van der Waals surface area contributed by atoms with Crippen LogP contribution < -0.4 is 5.32 Å². The molecule has 2 aliphatic rings. The molecule has 2 fully saturated rings. The Kier molecular flexibility index (Phi) is 4.74. The van der Waals surface area contributed by atoms with Crippen molar-refractivity contribution in [1.82, 2.24) is 20.1 Å². The smallest absolute Gasteiger partial charge is 0.325 e. The average molecular weight is 396 g/mol. The Bertz CT molecular complexity index is 984. The first kappa shape index (κ1) is 19.3. The second-order valence-electron chi connectivity index (χ2n) is 8.26. The summed E-state index contributed by atoms with van der Waals surface area (Å²) in [5.74, 6) is -0.882. The summed E-state index contributed by atoms with van der Waals surface area (Å²) in [6.45, 7) is 3.47. The highest BCUT2D eigenvalue weighted by Gasteiger charge is 2.46. The number of urea groups is 1. The van der Waals surface area contributed by atoms with Crippen LogP contribution in [0.1, 0.15) is 19.4 Å². The van der Waals surface area contributed by atoms with E-state index in [0.717, 1.165) is 21.4 Å². The number of fused-ring (bicyclic) bond motifs is 1. The van der Waals surface area contributed by atoms with Crippen LogP contribution in [-0.2, 0) is 16.0 Å². The summed E-state index contributed by atoms with van der Waals surface area (Å²) in [5.41, 5.74) is 0.962. The second kappa shape index (κ2) is 7.11. The molecule has 8 nitrogen and oxygen atoms in total. The third-order valence-electron chi connectivity index (χ3n) is 5.72. The van der Waals surface area contributed by atoms with Gasteiger partial charge in [-0.1, -0.05) is 18.2 Å². The number of pyridine rings is 1. The summed E-state index contributed by atoms with van der Waals surface area (Å²) < 4.78 is 0. The Morgan fingerprint density at radius 3 is 2.72 bits per heavy atom. The van der Waals surface area contributed by atoms with Crippen LogP contribution in [0.3, 0.4) is 0 Å². The lowest BCUT2D eigenvalue weighted by Gasteiger charge is -2.20. The first-order valence-electron chi connectivity index (χ1n) is 9.69. The van der Waals surface area contributed by atoms with E-state index in [-0.39, 0.29) is 24.9 Å². The largest absolute Gasteiger partial charge is 0.391 e. The van der Waals surface area contributed by atoms with Gasteiger partial charge in [-0.3, -0.25) is 19.5 Å². The van der Waals surface area contributed by atoms with Crippen LogP contribution in [0.25, 0.3) is 10.9 Å². The molecule has 2 saturated heterocycles. The molecule has 0 aliphatic carbocycles. The number of nitrogens with one attached hydrogen (secondary N) is 1. The fourth-order valence-corrected chi connectivity index (χ4v) is 4.07. The number of aromatic nitrogens is 1. The Morgan fingerprint density at radius 2 is 2.00 bits per heavy atom. The predicted molar refractivity (Wildman–Crippen MR) is 106 cm³/mol. The van der Waals surface area contributed by atoms with Crippen LogP contribution in [0.15, 0.2) is 36.5 Å². The maximum Gasteiger partial charge on any atom is 0.325 e. The summed E-state index contributed by atoms with van der Waals surface area (Å²) in [6, 6.07) is 9.21. The van der Waals surface area contributed by atoms with Gasteiger partial charge in [-0.05, 0) is 38.0 Å². The highest BCUT2D eigenvalue weighted by Crippen LogP contribution is 2.26. The van der Waals surface area contributed by atoms with Gasteiger partial charge in [0.1, 0.15) is 12.1 Å². The quantitative estimate of drug-likeness (QED) is 0.749. The summed E-state index contributed by atoms with van der Waals surface area (Å²) in [6.07, 6.45) is 1.70. The summed E-state index contributed by atoms with van der Waals surface area (Å²) in [5, 5.41) is 14.1. The fraction of sp³-hybridized carbons (Fsp3) is 0.429. The molecule has 152 valence electrons.